The number of anilines is 2. The summed E-state index contributed by atoms with van der Waals surface area (Å²) < 4.78 is 41.1. The summed E-state index contributed by atoms with van der Waals surface area (Å²) in [5.74, 6) is 0.860. The number of amides is 1. The Morgan fingerprint density at radius 2 is 1.83 bits per heavy atom. The van der Waals surface area contributed by atoms with Gasteiger partial charge < -0.3 is 20.0 Å². The third-order valence-electron chi connectivity index (χ3n) is 6.20. The highest BCUT2D eigenvalue weighted by Crippen LogP contribution is 2.31. The van der Waals surface area contributed by atoms with Crippen LogP contribution in [0, 0.1) is 12.7 Å². The molecular formula is C25H30F3N7O. The molecule has 36 heavy (non-hydrogen) atoms. The molecule has 11 heteroatoms. The van der Waals surface area contributed by atoms with Crippen LogP contribution in [0.4, 0.5) is 24.8 Å². The number of nitrogens with one attached hydrogen (secondary N) is 1. The third kappa shape index (κ3) is 5.51. The molecule has 4 rings (SSSR count). The summed E-state index contributed by atoms with van der Waals surface area (Å²) in [6.45, 7) is 6.27. The third-order valence-corrected chi connectivity index (χ3v) is 6.20. The first kappa shape index (κ1) is 25.6. The van der Waals surface area contributed by atoms with Crippen molar-refractivity contribution in [2.24, 2.45) is 0 Å². The monoisotopic (exact) mass is 501 g/mol. The fourth-order valence-corrected chi connectivity index (χ4v) is 4.33. The van der Waals surface area contributed by atoms with Crippen molar-refractivity contribution in [3.63, 3.8) is 0 Å². The Morgan fingerprint density at radius 3 is 2.50 bits per heavy atom. The topological polar surface area (TPSA) is 77.5 Å². The van der Waals surface area contributed by atoms with Gasteiger partial charge in [-0.25, -0.2) is 28.1 Å². The van der Waals surface area contributed by atoms with E-state index in [9.17, 15) is 18.0 Å². The van der Waals surface area contributed by atoms with Crippen LogP contribution in [0.5, 0.6) is 0 Å². The largest absolute Gasteiger partial charge is 0.363 e. The molecule has 1 N–H and O–H groups in total. The molecule has 1 atom stereocenters. The van der Waals surface area contributed by atoms with Crippen LogP contribution in [0.2, 0.25) is 0 Å². The zero-order valence-corrected chi connectivity index (χ0v) is 20.8. The lowest BCUT2D eigenvalue weighted by Gasteiger charge is -2.36. The van der Waals surface area contributed by atoms with E-state index in [-0.39, 0.29) is 11.5 Å². The number of aryl methyl sites for hydroxylation is 1. The summed E-state index contributed by atoms with van der Waals surface area (Å²) in [5.41, 5.74) is 0.118. The summed E-state index contributed by atoms with van der Waals surface area (Å²) in [6.07, 6.45) is -1.23. The van der Waals surface area contributed by atoms with Crippen molar-refractivity contribution in [3.05, 3.63) is 53.2 Å². The molecule has 1 saturated heterocycles. The number of carbonyl (C=O) groups excluding carboxylic acids is 1. The van der Waals surface area contributed by atoms with Crippen LogP contribution in [0.1, 0.15) is 36.3 Å². The van der Waals surface area contributed by atoms with E-state index in [0.29, 0.717) is 55.3 Å². The lowest BCUT2D eigenvalue weighted by atomic mass is 10.0. The zero-order valence-electron chi connectivity index (χ0n) is 20.8. The number of hydrogen-bond acceptors (Lipinski definition) is 7. The van der Waals surface area contributed by atoms with Gasteiger partial charge in [0.2, 0.25) is 5.91 Å². The van der Waals surface area contributed by atoms with E-state index in [2.05, 4.69) is 25.2 Å². The second-order valence-corrected chi connectivity index (χ2v) is 9.20. The van der Waals surface area contributed by atoms with E-state index in [1.807, 2.05) is 30.0 Å². The second-order valence-electron chi connectivity index (χ2n) is 9.20. The van der Waals surface area contributed by atoms with Gasteiger partial charge in [0.05, 0.1) is 29.9 Å². The van der Waals surface area contributed by atoms with E-state index >= 15 is 0 Å². The predicted molar refractivity (Wildman–Crippen MR) is 133 cm³/mol. The highest BCUT2D eigenvalue weighted by Gasteiger charge is 2.24. The van der Waals surface area contributed by atoms with Crippen molar-refractivity contribution in [1.29, 1.82) is 0 Å². The van der Waals surface area contributed by atoms with Gasteiger partial charge in [-0.2, -0.15) is 0 Å². The van der Waals surface area contributed by atoms with Gasteiger partial charge in [-0.05, 0) is 34.0 Å². The van der Waals surface area contributed by atoms with Crippen molar-refractivity contribution < 1.29 is 18.0 Å². The van der Waals surface area contributed by atoms with Gasteiger partial charge in [0.1, 0.15) is 23.3 Å². The number of rotatable bonds is 7. The standard InChI is InChI=1S/C25H30F3N7O/c1-15(17-6-5-7-18(23(17)26)24(27)28)30-25-19-12-21(29-13-20(19)31-16(2)32-25)34-8-10-35(11-9-34)22(36)14-33(3)4/h5-7,12-13,15,24H,8-11,14H2,1-4H3,(H,30,31,32). The SMILES string of the molecule is Cc1nc(NC(C)c2cccc(C(F)F)c2F)c2cc(N3CCN(C(=O)CN(C)C)CC3)ncc2n1. The Labute approximate surface area is 208 Å². The van der Waals surface area contributed by atoms with Crippen molar-refractivity contribution in [2.45, 2.75) is 26.3 Å². The van der Waals surface area contributed by atoms with Crippen molar-refractivity contribution in [1.82, 2.24) is 24.8 Å². The fraction of sp³-hybridized carbons (Fsp3) is 0.440. The predicted octanol–water partition coefficient (Wildman–Crippen LogP) is 3.79. The molecule has 2 aromatic heterocycles. The molecule has 0 aliphatic carbocycles. The number of pyridine rings is 1. The molecule has 0 radical (unpaired) electrons. The molecule has 1 aromatic carbocycles. The first-order valence-corrected chi connectivity index (χ1v) is 11.8. The lowest BCUT2D eigenvalue weighted by Crippen LogP contribution is -2.50. The number of alkyl halides is 2. The van der Waals surface area contributed by atoms with E-state index in [0.717, 1.165) is 11.9 Å². The minimum atomic E-state index is -2.90. The Hall–Kier alpha value is -3.47. The van der Waals surface area contributed by atoms with Crippen molar-refractivity contribution in [2.75, 3.05) is 57.0 Å². The number of piperazine rings is 1. The molecule has 1 aliphatic heterocycles. The van der Waals surface area contributed by atoms with Crippen LogP contribution in [0.3, 0.4) is 0 Å². The van der Waals surface area contributed by atoms with Gasteiger partial charge in [0.15, 0.2) is 0 Å². The van der Waals surface area contributed by atoms with Gasteiger partial charge in [-0.3, -0.25) is 4.79 Å². The van der Waals surface area contributed by atoms with Gasteiger partial charge >= 0.3 is 0 Å². The average molecular weight is 502 g/mol. The molecule has 192 valence electrons. The number of hydrogen-bond donors (Lipinski definition) is 1. The smallest absolute Gasteiger partial charge is 0.266 e. The highest BCUT2D eigenvalue weighted by atomic mass is 19.3. The van der Waals surface area contributed by atoms with Gasteiger partial charge in [-0.15, -0.1) is 0 Å². The maximum atomic E-state index is 14.7. The molecular weight excluding hydrogens is 471 g/mol. The molecule has 3 aromatic rings. The summed E-state index contributed by atoms with van der Waals surface area (Å²) in [4.78, 5) is 31.7. The maximum Gasteiger partial charge on any atom is 0.266 e. The molecule has 3 heterocycles. The normalized spacial score (nSPS) is 15.1. The number of fused-ring (bicyclic) bond motifs is 1. The van der Waals surface area contributed by atoms with Crippen LogP contribution < -0.4 is 10.2 Å². The van der Waals surface area contributed by atoms with Crippen molar-refractivity contribution >= 4 is 28.4 Å². The van der Waals surface area contributed by atoms with Crippen LogP contribution in [0.15, 0.2) is 30.5 Å². The minimum absolute atomic E-state index is 0.0959. The molecule has 0 saturated carbocycles. The van der Waals surface area contributed by atoms with Crippen LogP contribution in [0.25, 0.3) is 10.9 Å². The lowest BCUT2D eigenvalue weighted by molar-refractivity contribution is -0.132. The number of carbonyl (C=O) groups is 1. The van der Waals surface area contributed by atoms with Gasteiger partial charge in [0, 0.05) is 37.1 Å². The molecule has 0 bridgehead atoms. The fourth-order valence-electron chi connectivity index (χ4n) is 4.33. The maximum absolute atomic E-state index is 14.7. The minimum Gasteiger partial charge on any atom is -0.363 e. The van der Waals surface area contributed by atoms with Crippen LogP contribution in [-0.4, -0.2) is 77.5 Å². The van der Waals surface area contributed by atoms with E-state index in [1.54, 1.807) is 20.0 Å². The average Bonchev–Trinajstić information content (AvgIpc) is 2.83. The van der Waals surface area contributed by atoms with Gasteiger partial charge in [-0.1, -0.05) is 18.2 Å². The molecule has 1 unspecified atom stereocenters. The number of halogens is 3. The summed E-state index contributed by atoms with van der Waals surface area (Å²) >= 11 is 0. The highest BCUT2D eigenvalue weighted by molar-refractivity contribution is 5.90. The summed E-state index contributed by atoms with van der Waals surface area (Å²) in [5, 5.41) is 3.87. The second kappa shape index (κ2) is 10.7. The summed E-state index contributed by atoms with van der Waals surface area (Å²) in [6, 6.07) is 5.24. The Kier molecular flexibility index (Phi) is 7.58. The Balaban J connectivity index is 1.57. The first-order chi connectivity index (χ1) is 17.1. The molecule has 1 fully saturated rings. The Bertz CT molecular complexity index is 1250. The van der Waals surface area contributed by atoms with Gasteiger partial charge in [0.25, 0.3) is 6.43 Å². The molecule has 8 nitrogen and oxygen atoms in total. The van der Waals surface area contributed by atoms with E-state index < -0.39 is 23.8 Å². The zero-order chi connectivity index (χ0) is 26.0. The molecule has 1 aliphatic rings. The number of benzene rings is 1. The van der Waals surface area contributed by atoms with E-state index in [4.69, 9.17) is 0 Å². The van der Waals surface area contributed by atoms with Crippen LogP contribution >= 0.6 is 0 Å². The number of likely N-dealkylation sites (N-methyl/N-ethyl adjacent to an activating group) is 1. The molecule has 0 spiro atoms. The molecule has 1 amide bonds. The summed E-state index contributed by atoms with van der Waals surface area (Å²) in [7, 11) is 3.74. The van der Waals surface area contributed by atoms with Crippen molar-refractivity contribution in [3.8, 4) is 0 Å². The van der Waals surface area contributed by atoms with E-state index in [1.165, 1.54) is 12.1 Å². The quantitative estimate of drug-likeness (QED) is 0.528. The number of aromatic nitrogens is 3. The Morgan fingerprint density at radius 1 is 1.14 bits per heavy atom. The number of nitrogens with zero attached hydrogens (tertiary/aromatic N) is 6. The van der Waals surface area contributed by atoms with Crippen LogP contribution in [-0.2, 0) is 4.79 Å². The first-order valence-electron chi connectivity index (χ1n) is 11.8.